The minimum absolute atomic E-state index is 0.0113. The van der Waals surface area contributed by atoms with Crippen molar-refractivity contribution in [2.45, 2.75) is 57.1 Å². The number of aryl methyl sites for hydroxylation is 1. The molecule has 236 valence electrons. The highest BCUT2D eigenvalue weighted by atomic mass is 32.1. The highest BCUT2D eigenvalue weighted by molar-refractivity contribution is 7.09. The average Bonchev–Trinajstić information content (AvgIpc) is 3.70. The Labute approximate surface area is 263 Å². The summed E-state index contributed by atoms with van der Waals surface area (Å²) >= 11 is 1.53. The van der Waals surface area contributed by atoms with Gasteiger partial charge in [0.1, 0.15) is 5.01 Å². The lowest BCUT2D eigenvalue weighted by Gasteiger charge is -2.25. The number of hydrogen-bond donors (Lipinski definition) is 3. The molecule has 5 rings (SSSR count). The normalized spacial score (nSPS) is 16.4. The quantitative estimate of drug-likeness (QED) is 0.205. The van der Waals surface area contributed by atoms with Gasteiger partial charge in [0.05, 0.1) is 34.9 Å². The van der Waals surface area contributed by atoms with Gasteiger partial charge in [0.15, 0.2) is 0 Å². The fraction of sp³-hybridized carbons (Fsp3) is 0.333. The van der Waals surface area contributed by atoms with Crippen molar-refractivity contribution in [3.63, 3.8) is 0 Å². The molecule has 0 radical (unpaired) electrons. The van der Waals surface area contributed by atoms with Crippen molar-refractivity contribution in [2.75, 3.05) is 13.1 Å². The highest BCUT2D eigenvalue weighted by Gasteiger charge is 2.33. The number of halogens is 3. The lowest BCUT2D eigenvalue weighted by atomic mass is 10.00. The first-order valence-electron chi connectivity index (χ1n) is 14.7. The number of aliphatic hydroxyl groups is 1. The van der Waals surface area contributed by atoms with E-state index >= 15 is 0 Å². The zero-order chi connectivity index (χ0) is 32.0. The van der Waals surface area contributed by atoms with E-state index in [1.807, 2.05) is 42.6 Å². The second kappa shape index (κ2) is 14.3. The molecule has 0 saturated carbocycles. The minimum atomic E-state index is -4.45. The molecule has 4 aromatic rings. The van der Waals surface area contributed by atoms with Crippen LogP contribution in [0.2, 0.25) is 0 Å². The number of carbonyl (C=O) groups excluding carboxylic acids is 2. The zero-order valence-corrected chi connectivity index (χ0v) is 25.4. The fourth-order valence-corrected chi connectivity index (χ4v) is 6.35. The van der Waals surface area contributed by atoms with E-state index in [4.69, 9.17) is 0 Å². The molecule has 0 aliphatic carbocycles. The van der Waals surface area contributed by atoms with Gasteiger partial charge in [-0.3, -0.25) is 14.6 Å². The lowest BCUT2D eigenvalue weighted by molar-refractivity contribution is -0.137. The molecule has 2 amide bonds. The number of aromatic nitrogens is 2. The topological polar surface area (TPSA) is 107 Å². The number of aliphatic hydroxyl groups excluding tert-OH is 1. The molecule has 0 bridgehead atoms. The van der Waals surface area contributed by atoms with Gasteiger partial charge in [0.25, 0.3) is 11.8 Å². The van der Waals surface area contributed by atoms with Crippen LogP contribution in [0.3, 0.4) is 0 Å². The SMILES string of the molecule is Cc1csc(C2CCCN2C(=O)c2cncc(C(=O)NC(Cc3ccccc3)C(O)CNCc3cccc(C(F)(F)F)c3)c2)n1. The summed E-state index contributed by atoms with van der Waals surface area (Å²) < 4.78 is 39.3. The van der Waals surface area contributed by atoms with E-state index in [-0.39, 0.29) is 36.2 Å². The van der Waals surface area contributed by atoms with Crippen LogP contribution in [-0.2, 0) is 19.1 Å². The summed E-state index contributed by atoms with van der Waals surface area (Å²) in [6, 6.07) is 14.9. The van der Waals surface area contributed by atoms with Gasteiger partial charge in [-0.15, -0.1) is 11.3 Å². The Kier molecular flexibility index (Phi) is 10.3. The highest BCUT2D eigenvalue weighted by Crippen LogP contribution is 2.35. The van der Waals surface area contributed by atoms with Crippen LogP contribution >= 0.6 is 11.3 Å². The Bertz CT molecular complexity index is 1610. The van der Waals surface area contributed by atoms with Crippen LogP contribution in [0.5, 0.6) is 0 Å². The summed E-state index contributed by atoms with van der Waals surface area (Å²) in [6.45, 7) is 2.61. The predicted octanol–water partition coefficient (Wildman–Crippen LogP) is 5.33. The first-order chi connectivity index (χ1) is 21.6. The molecule has 12 heteroatoms. The Morgan fingerprint density at radius 3 is 2.56 bits per heavy atom. The largest absolute Gasteiger partial charge is 0.416 e. The molecule has 1 aliphatic rings. The number of thiazole rings is 1. The van der Waals surface area contributed by atoms with Gasteiger partial charge < -0.3 is 20.6 Å². The maximum atomic E-state index is 13.5. The van der Waals surface area contributed by atoms with Crippen molar-refractivity contribution in [3.8, 4) is 0 Å². The molecular formula is C33H34F3N5O3S. The second-order valence-corrected chi connectivity index (χ2v) is 12.0. The molecule has 45 heavy (non-hydrogen) atoms. The van der Waals surface area contributed by atoms with E-state index in [2.05, 4.69) is 20.6 Å². The number of amides is 2. The minimum Gasteiger partial charge on any atom is -0.390 e. The number of rotatable bonds is 11. The molecule has 2 aromatic heterocycles. The monoisotopic (exact) mass is 637 g/mol. The first kappa shape index (κ1) is 32.3. The number of benzene rings is 2. The van der Waals surface area contributed by atoms with Gasteiger partial charge in [-0.05, 0) is 49.4 Å². The molecule has 3 heterocycles. The molecule has 3 atom stereocenters. The lowest BCUT2D eigenvalue weighted by Crippen LogP contribution is -2.48. The zero-order valence-electron chi connectivity index (χ0n) is 24.6. The van der Waals surface area contributed by atoms with Crippen LogP contribution in [0.25, 0.3) is 0 Å². The summed E-state index contributed by atoms with van der Waals surface area (Å²) in [4.78, 5) is 37.5. The maximum Gasteiger partial charge on any atom is 0.416 e. The standard InChI is InChI=1S/C33H34F3N5O3S/c1-21-20-45-31(39-21)28-11-6-12-41(28)32(44)25-15-24(17-38-18-25)30(43)40-27(14-22-7-3-2-4-8-22)29(42)19-37-16-23-9-5-10-26(13-23)33(34,35)36/h2-5,7-10,13,15,17-18,20,27-29,37,42H,6,11-12,14,16,19H2,1H3,(H,40,43). The van der Waals surface area contributed by atoms with Crippen LogP contribution in [0.1, 0.15) is 67.0 Å². The first-order valence-corrected chi connectivity index (χ1v) is 15.5. The smallest absolute Gasteiger partial charge is 0.390 e. The number of likely N-dealkylation sites (tertiary alicyclic amines) is 1. The Morgan fingerprint density at radius 2 is 1.82 bits per heavy atom. The van der Waals surface area contributed by atoms with Gasteiger partial charge in [0.2, 0.25) is 0 Å². The van der Waals surface area contributed by atoms with E-state index in [1.54, 1.807) is 11.0 Å². The molecule has 2 aromatic carbocycles. The van der Waals surface area contributed by atoms with Crippen molar-refractivity contribution in [1.82, 2.24) is 25.5 Å². The Hall–Kier alpha value is -4.13. The number of alkyl halides is 3. The summed E-state index contributed by atoms with van der Waals surface area (Å²) in [7, 11) is 0. The molecule has 1 saturated heterocycles. The van der Waals surface area contributed by atoms with E-state index < -0.39 is 29.8 Å². The van der Waals surface area contributed by atoms with Gasteiger partial charge in [-0.1, -0.05) is 48.5 Å². The Morgan fingerprint density at radius 1 is 1.07 bits per heavy atom. The van der Waals surface area contributed by atoms with Crippen molar-refractivity contribution >= 4 is 23.2 Å². The van der Waals surface area contributed by atoms with Gasteiger partial charge >= 0.3 is 6.18 Å². The van der Waals surface area contributed by atoms with E-state index in [0.717, 1.165) is 41.2 Å². The molecule has 1 fully saturated rings. The molecular weight excluding hydrogens is 603 g/mol. The van der Waals surface area contributed by atoms with Crippen LogP contribution in [-0.4, -0.2) is 57.0 Å². The third-order valence-electron chi connectivity index (χ3n) is 7.70. The van der Waals surface area contributed by atoms with Gasteiger partial charge in [-0.25, -0.2) is 4.98 Å². The number of nitrogens with one attached hydrogen (secondary N) is 2. The van der Waals surface area contributed by atoms with Crippen molar-refractivity contribution in [1.29, 1.82) is 0 Å². The number of pyridine rings is 1. The number of nitrogens with zero attached hydrogens (tertiary/aromatic N) is 3. The predicted molar refractivity (Wildman–Crippen MR) is 165 cm³/mol. The van der Waals surface area contributed by atoms with Crippen LogP contribution < -0.4 is 10.6 Å². The number of carbonyl (C=O) groups is 2. The van der Waals surface area contributed by atoms with Crippen LogP contribution in [0.4, 0.5) is 13.2 Å². The summed E-state index contributed by atoms with van der Waals surface area (Å²) in [6.07, 6.45) is -0.756. The van der Waals surface area contributed by atoms with Gasteiger partial charge in [-0.2, -0.15) is 13.2 Å². The maximum absolute atomic E-state index is 13.5. The van der Waals surface area contributed by atoms with Gasteiger partial charge in [0, 0.05) is 43.1 Å². The number of hydrogen-bond acceptors (Lipinski definition) is 7. The molecule has 0 spiro atoms. The Balaban J connectivity index is 1.26. The van der Waals surface area contributed by atoms with Crippen LogP contribution in [0.15, 0.2) is 78.4 Å². The average molecular weight is 638 g/mol. The third-order valence-corrected chi connectivity index (χ3v) is 8.76. The molecule has 8 nitrogen and oxygen atoms in total. The van der Waals surface area contributed by atoms with Crippen molar-refractivity contribution < 1.29 is 27.9 Å². The summed E-state index contributed by atoms with van der Waals surface area (Å²) in [5.41, 5.74) is 1.91. The fourth-order valence-electron chi connectivity index (χ4n) is 5.41. The van der Waals surface area contributed by atoms with Crippen LogP contribution in [0, 0.1) is 6.92 Å². The molecule has 1 aliphatic heterocycles. The van der Waals surface area contributed by atoms with Crippen molar-refractivity contribution in [2.24, 2.45) is 0 Å². The second-order valence-electron chi connectivity index (χ2n) is 11.1. The van der Waals surface area contributed by atoms with Crippen molar-refractivity contribution in [3.05, 3.63) is 117 Å². The molecule has 3 unspecified atom stereocenters. The van der Waals surface area contributed by atoms with E-state index in [0.29, 0.717) is 18.5 Å². The van der Waals surface area contributed by atoms with E-state index in [1.165, 1.54) is 35.9 Å². The summed E-state index contributed by atoms with van der Waals surface area (Å²) in [5.74, 6) is -0.740. The third kappa shape index (κ3) is 8.33. The molecule has 3 N–H and O–H groups in total. The summed E-state index contributed by atoms with van der Waals surface area (Å²) in [5, 5.41) is 19.8. The van der Waals surface area contributed by atoms with E-state index in [9.17, 15) is 27.9 Å².